The predicted molar refractivity (Wildman–Crippen MR) is 98.4 cm³/mol. The number of rotatable bonds is 4. The van der Waals surface area contributed by atoms with Gasteiger partial charge >= 0.3 is 0 Å². The van der Waals surface area contributed by atoms with E-state index in [1.165, 1.54) is 24.5 Å². The molecule has 0 bridgehead atoms. The van der Waals surface area contributed by atoms with Crippen LogP contribution in [0.15, 0.2) is 60.9 Å². The number of hydrogen-bond donors (Lipinski definition) is 3. The lowest BCUT2D eigenvalue weighted by Crippen LogP contribution is -2.98. The molecular formula is C19H17FN6O. The molecule has 8 heteroatoms. The SMILES string of the molecule is [O-][NH+]1C=CN2C(=C1)NC(c1ccc(F)cc1)=C2c1ccnc(NC2CC2)n1. The summed E-state index contributed by atoms with van der Waals surface area (Å²) in [5.41, 5.74) is 3.06. The van der Waals surface area contributed by atoms with Crippen molar-refractivity contribution in [2.45, 2.75) is 18.9 Å². The van der Waals surface area contributed by atoms with Gasteiger partial charge in [-0.05, 0) is 43.2 Å². The molecule has 3 aliphatic rings. The van der Waals surface area contributed by atoms with Crippen LogP contribution < -0.4 is 15.7 Å². The Morgan fingerprint density at radius 3 is 2.81 bits per heavy atom. The smallest absolute Gasteiger partial charge is 0.223 e. The third-order valence-corrected chi connectivity index (χ3v) is 4.60. The Morgan fingerprint density at radius 1 is 1.22 bits per heavy atom. The van der Waals surface area contributed by atoms with Crippen LogP contribution in [-0.2, 0) is 0 Å². The second-order valence-corrected chi connectivity index (χ2v) is 6.66. The van der Waals surface area contributed by atoms with Gasteiger partial charge in [0.05, 0.1) is 23.3 Å². The minimum absolute atomic E-state index is 0.0905. The average Bonchev–Trinajstić information content (AvgIpc) is 3.40. The largest absolute Gasteiger partial charge is 0.624 e. The van der Waals surface area contributed by atoms with Crippen molar-refractivity contribution in [1.82, 2.24) is 20.2 Å². The number of hydrogen-bond acceptors (Lipinski definition) is 6. The standard InChI is InChI=1S/C19H17FN6O/c20-13-3-1-12(2-4-13)17-18(26-10-9-25(27)11-16(26)24-17)15-7-8-21-19(23-15)22-14-5-6-14/h1-4,7-11,14,24-25H,5-6H2,(H,21,22,23). The molecule has 0 spiro atoms. The first-order valence-electron chi connectivity index (χ1n) is 8.78. The van der Waals surface area contributed by atoms with Crippen molar-refractivity contribution >= 4 is 17.3 Å². The molecule has 1 atom stereocenters. The Bertz CT molecular complexity index is 980. The lowest BCUT2D eigenvalue weighted by Gasteiger charge is -2.24. The van der Waals surface area contributed by atoms with E-state index >= 15 is 0 Å². The van der Waals surface area contributed by atoms with E-state index in [0.717, 1.165) is 29.8 Å². The molecule has 3 N–H and O–H groups in total. The van der Waals surface area contributed by atoms with E-state index in [0.29, 0.717) is 23.5 Å². The van der Waals surface area contributed by atoms with E-state index < -0.39 is 0 Å². The highest BCUT2D eigenvalue weighted by atomic mass is 19.1. The number of benzene rings is 1. The van der Waals surface area contributed by atoms with Crippen LogP contribution in [0.5, 0.6) is 0 Å². The van der Waals surface area contributed by atoms with Gasteiger partial charge in [-0.15, -0.1) is 0 Å². The maximum absolute atomic E-state index is 13.4. The Morgan fingerprint density at radius 2 is 2.04 bits per heavy atom. The van der Waals surface area contributed by atoms with Gasteiger partial charge in [-0.25, -0.2) is 14.4 Å². The second kappa shape index (κ2) is 6.19. The van der Waals surface area contributed by atoms with Crippen LogP contribution in [0.3, 0.4) is 0 Å². The van der Waals surface area contributed by atoms with Gasteiger partial charge < -0.3 is 20.9 Å². The molecule has 0 radical (unpaired) electrons. The van der Waals surface area contributed by atoms with Crippen molar-refractivity contribution in [2.24, 2.45) is 0 Å². The Balaban J connectivity index is 1.61. The summed E-state index contributed by atoms with van der Waals surface area (Å²) >= 11 is 0. The summed E-state index contributed by atoms with van der Waals surface area (Å²) in [5.74, 6) is 0.923. The van der Waals surface area contributed by atoms with E-state index in [-0.39, 0.29) is 10.9 Å². The van der Waals surface area contributed by atoms with Gasteiger partial charge in [-0.1, -0.05) is 0 Å². The lowest BCUT2D eigenvalue weighted by atomic mass is 10.1. The van der Waals surface area contributed by atoms with Crippen LogP contribution >= 0.6 is 0 Å². The van der Waals surface area contributed by atoms with Gasteiger partial charge in [-0.3, -0.25) is 4.90 Å². The normalized spacial score (nSPS) is 21.0. The van der Waals surface area contributed by atoms with Crippen molar-refractivity contribution in [3.63, 3.8) is 0 Å². The molecule has 1 aliphatic carbocycles. The fourth-order valence-corrected chi connectivity index (χ4v) is 3.13. The van der Waals surface area contributed by atoms with Crippen LogP contribution in [-0.4, -0.2) is 20.9 Å². The molecule has 1 unspecified atom stereocenters. The molecule has 27 heavy (non-hydrogen) atoms. The first kappa shape index (κ1) is 16.0. The summed E-state index contributed by atoms with van der Waals surface area (Å²) in [6.07, 6.45) is 8.71. The number of nitrogens with zero attached hydrogens (tertiary/aromatic N) is 3. The minimum atomic E-state index is -0.302. The number of quaternary nitrogens is 1. The summed E-state index contributed by atoms with van der Waals surface area (Å²) in [6.45, 7) is 0. The van der Waals surface area contributed by atoms with Crippen LogP contribution in [0.25, 0.3) is 11.4 Å². The molecule has 2 aromatic rings. The molecule has 1 aromatic heterocycles. The predicted octanol–water partition coefficient (Wildman–Crippen LogP) is 1.59. The number of halogens is 1. The zero-order valence-electron chi connectivity index (χ0n) is 14.3. The monoisotopic (exact) mass is 364 g/mol. The van der Waals surface area contributed by atoms with Gasteiger partial charge in [-0.2, -0.15) is 0 Å². The molecule has 0 amide bonds. The maximum Gasteiger partial charge on any atom is 0.223 e. The molecule has 1 saturated carbocycles. The molecule has 0 saturated heterocycles. The quantitative estimate of drug-likeness (QED) is 0.715. The average molecular weight is 364 g/mol. The zero-order valence-corrected chi connectivity index (χ0v) is 14.3. The third-order valence-electron chi connectivity index (χ3n) is 4.60. The number of anilines is 1. The fraction of sp³-hybridized carbons (Fsp3) is 0.158. The molecule has 5 rings (SSSR count). The van der Waals surface area contributed by atoms with E-state index in [1.807, 2.05) is 11.0 Å². The second-order valence-electron chi connectivity index (χ2n) is 6.66. The molecular weight excluding hydrogens is 347 g/mol. The van der Waals surface area contributed by atoms with Crippen LogP contribution in [0, 0.1) is 11.0 Å². The molecule has 7 nitrogen and oxygen atoms in total. The lowest BCUT2D eigenvalue weighted by molar-refractivity contribution is -0.732. The van der Waals surface area contributed by atoms with Crippen LogP contribution in [0.2, 0.25) is 0 Å². The zero-order chi connectivity index (χ0) is 18.4. The highest BCUT2D eigenvalue weighted by molar-refractivity contribution is 5.92. The maximum atomic E-state index is 13.4. The van der Waals surface area contributed by atoms with Gasteiger partial charge in [0, 0.05) is 17.8 Å². The highest BCUT2D eigenvalue weighted by Gasteiger charge is 2.32. The molecule has 2 aliphatic heterocycles. The summed E-state index contributed by atoms with van der Waals surface area (Å²) in [4.78, 5) is 10.8. The topological polar surface area (TPSA) is 80.6 Å². The van der Waals surface area contributed by atoms with Crippen molar-refractivity contribution < 1.29 is 9.45 Å². The van der Waals surface area contributed by atoms with Crippen molar-refractivity contribution in [3.8, 4) is 0 Å². The van der Waals surface area contributed by atoms with E-state index in [1.54, 1.807) is 24.5 Å². The highest BCUT2D eigenvalue weighted by Crippen LogP contribution is 2.36. The van der Waals surface area contributed by atoms with Crippen molar-refractivity contribution in [1.29, 1.82) is 0 Å². The van der Waals surface area contributed by atoms with E-state index in [9.17, 15) is 9.60 Å². The molecule has 3 heterocycles. The molecule has 1 aromatic carbocycles. The number of fused-ring (bicyclic) bond motifs is 1. The Labute approximate surface area is 155 Å². The van der Waals surface area contributed by atoms with E-state index in [4.69, 9.17) is 0 Å². The van der Waals surface area contributed by atoms with Gasteiger partial charge in [0.2, 0.25) is 5.95 Å². The van der Waals surface area contributed by atoms with Crippen molar-refractivity contribution in [2.75, 3.05) is 5.32 Å². The molecule has 1 fully saturated rings. The van der Waals surface area contributed by atoms with Gasteiger partial charge in [0.1, 0.15) is 18.2 Å². The number of aromatic nitrogens is 2. The van der Waals surface area contributed by atoms with Gasteiger partial charge in [0.15, 0.2) is 5.82 Å². The number of hydroxylamine groups is 2. The summed E-state index contributed by atoms with van der Waals surface area (Å²) < 4.78 is 13.4. The number of nitrogens with one attached hydrogen (secondary N) is 3. The summed E-state index contributed by atoms with van der Waals surface area (Å²) in [6, 6.07) is 8.49. The van der Waals surface area contributed by atoms with E-state index in [2.05, 4.69) is 20.6 Å². The van der Waals surface area contributed by atoms with Crippen LogP contribution in [0.1, 0.15) is 24.1 Å². The third kappa shape index (κ3) is 3.05. The minimum Gasteiger partial charge on any atom is -0.624 e. The summed E-state index contributed by atoms with van der Waals surface area (Å²) in [5, 5.41) is 18.3. The van der Waals surface area contributed by atoms with Crippen molar-refractivity contribution in [3.05, 3.63) is 83.2 Å². The first-order valence-corrected chi connectivity index (χ1v) is 8.78. The van der Waals surface area contributed by atoms with Crippen LogP contribution in [0.4, 0.5) is 10.3 Å². The Hall–Kier alpha value is -3.23. The fourth-order valence-electron chi connectivity index (χ4n) is 3.13. The molecule has 136 valence electrons. The first-order chi connectivity index (χ1) is 13.2. The Kier molecular flexibility index (Phi) is 3.66. The van der Waals surface area contributed by atoms with Gasteiger partial charge in [0.25, 0.3) is 0 Å². The summed E-state index contributed by atoms with van der Waals surface area (Å²) in [7, 11) is 0.